The second-order valence-corrected chi connectivity index (χ2v) is 3.23. The van der Waals surface area contributed by atoms with E-state index in [1.165, 1.54) is 6.20 Å². The maximum atomic E-state index is 10.7. The van der Waals surface area contributed by atoms with E-state index >= 15 is 0 Å². The first-order valence-electron chi connectivity index (χ1n) is 4.43. The van der Waals surface area contributed by atoms with Crippen molar-refractivity contribution in [3.63, 3.8) is 0 Å². The summed E-state index contributed by atoms with van der Waals surface area (Å²) >= 11 is 5.63. The molecule has 5 nitrogen and oxygen atoms in total. The molecule has 15 heavy (non-hydrogen) atoms. The van der Waals surface area contributed by atoms with Gasteiger partial charge in [0.1, 0.15) is 6.10 Å². The SMILES string of the molecule is CCOC(C)c1ncc(Cl)c(C(=O)O)n1. The summed E-state index contributed by atoms with van der Waals surface area (Å²) in [5, 5.41) is 8.81. The normalized spacial score (nSPS) is 12.5. The van der Waals surface area contributed by atoms with Gasteiger partial charge < -0.3 is 9.84 Å². The fraction of sp³-hybridized carbons (Fsp3) is 0.444. The maximum absolute atomic E-state index is 10.7. The Bertz CT molecular complexity index is 370. The first-order valence-corrected chi connectivity index (χ1v) is 4.81. The lowest BCUT2D eigenvalue weighted by Gasteiger charge is -2.10. The van der Waals surface area contributed by atoms with Gasteiger partial charge in [-0.2, -0.15) is 0 Å². The molecule has 0 saturated carbocycles. The van der Waals surface area contributed by atoms with Gasteiger partial charge in [0.2, 0.25) is 0 Å². The van der Waals surface area contributed by atoms with Crippen molar-refractivity contribution in [2.45, 2.75) is 20.0 Å². The fourth-order valence-corrected chi connectivity index (χ4v) is 1.22. The van der Waals surface area contributed by atoms with Gasteiger partial charge >= 0.3 is 5.97 Å². The van der Waals surface area contributed by atoms with Crippen molar-refractivity contribution in [3.05, 3.63) is 22.7 Å². The van der Waals surface area contributed by atoms with Gasteiger partial charge in [-0.25, -0.2) is 14.8 Å². The van der Waals surface area contributed by atoms with Gasteiger partial charge in [0.15, 0.2) is 11.5 Å². The number of hydrogen-bond acceptors (Lipinski definition) is 4. The summed E-state index contributed by atoms with van der Waals surface area (Å²) in [5.41, 5.74) is -0.201. The highest BCUT2D eigenvalue weighted by molar-refractivity contribution is 6.33. The van der Waals surface area contributed by atoms with E-state index < -0.39 is 5.97 Å². The first kappa shape index (κ1) is 11.9. The van der Waals surface area contributed by atoms with Crippen LogP contribution in [0.2, 0.25) is 5.02 Å². The highest BCUT2D eigenvalue weighted by atomic mass is 35.5. The third-order valence-electron chi connectivity index (χ3n) is 1.75. The summed E-state index contributed by atoms with van der Waals surface area (Å²) < 4.78 is 5.24. The van der Waals surface area contributed by atoms with E-state index in [2.05, 4.69) is 9.97 Å². The van der Waals surface area contributed by atoms with Crippen molar-refractivity contribution < 1.29 is 14.6 Å². The van der Waals surface area contributed by atoms with Crippen LogP contribution in [0.4, 0.5) is 0 Å². The molecule has 82 valence electrons. The molecule has 1 aromatic rings. The van der Waals surface area contributed by atoms with Gasteiger partial charge in [0, 0.05) is 6.61 Å². The first-order chi connectivity index (χ1) is 7.06. The highest BCUT2D eigenvalue weighted by Crippen LogP contribution is 2.17. The van der Waals surface area contributed by atoms with E-state index in [0.717, 1.165) is 0 Å². The van der Waals surface area contributed by atoms with E-state index in [4.69, 9.17) is 21.4 Å². The highest BCUT2D eigenvalue weighted by Gasteiger charge is 2.15. The fourth-order valence-electron chi connectivity index (χ4n) is 1.05. The molecule has 1 aromatic heterocycles. The Labute approximate surface area is 92.1 Å². The Kier molecular flexibility index (Phi) is 3.99. The van der Waals surface area contributed by atoms with Crippen LogP contribution in [-0.2, 0) is 4.74 Å². The summed E-state index contributed by atoms with van der Waals surface area (Å²) in [5.74, 6) is -0.856. The Hall–Kier alpha value is -1.20. The predicted octanol–water partition coefficient (Wildman–Crippen LogP) is 1.93. The van der Waals surface area contributed by atoms with Gasteiger partial charge in [0.05, 0.1) is 11.2 Å². The molecule has 1 heterocycles. The Balaban J connectivity index is 3.02. The van der Waals surface area contributed by atoms with Crippen LogP contribution in [0.5, 0.6) is 0 Å². The van der Waals surface area contributed by atoms with Crippen molar-refractivity contribution in [1.82, 2.24) is 9.97 Å². The lowest BCUT2D eigenvalue weighted by atomic mass is 10.3. The monoisotopic (exact) mass is 230 g/mol. The molecule has 1 unspecified atom stereocenters. The van der Waals surface area contributed by atoms with Crippen LogP contribution in [-0.4, -0.2) is 27.7 Å². The summed E-state index contributed by atoms with van der Waals surface area (Å²) in [6, 6.07) is 0. The minimum Gasteiger partial charge on any atom is -0.476 e. The Morgan fingerprint density at radius 1 is 1.73 bits per heavy atom. The quantitative estimate of drug-likeness (QED) is 0.856. The average molecular weight is 231 g/mol. The number of ether oxygens (including phenoxy) is 1. The number of halogens is 1. The molecule has 0 aromatic carbocycles. The smallest absolute Gasteiger partial charge is 0.356 e. The van der Waals surface area contributed by atoms with Crippen LogP contribution < -0.4 is 0 Å². The van der Waals surface area contributed by atoms with Crippen molar-refractivity contribution in [2.75, 3.05) is 6.61 Å². The van der Waals surface area contributed by atoms with E-state index in [0.29, 0.717) is 12.4 Å². The molecule has 1 N–H and O–H groups in total. The molecule has 0 aliphatic rings. The van der Waals surface area contributed by atoms with E-state index in [9.17, 15) is 4.79 Å². The molecule has 0 saturated heterocycles. The lowest BCUT2D eigenvalue weighted by molar-refractivity contribution is 0.0661. The number of aromatic carboxylic acids is 1. The number of nitrogens with zero attached hydrogens (tertiary/aromatic N) is 2. The molecule has 0 aliphatic carbocycles. The van der Waals surface area contributed by atoms with Crippen LogP contribution in [0.3, 0.4) is 0 Å². The molecule has 0 fully saturated rings. The second-order valence-electron chi connectivity index (χ2n) is 2.83. The zero-order chi connectivity index (χ0) is 11.4. The third-order valence-corrected chi connectivity index (χ3v) is 2.02. The molecule has 0 amide bonds. The number of carboxylic acids is 1. The molecule has 0 bridgehead atoms. The zero-order valence-corrected chi connectivity index (χ0v) is 9.15. The topological polar surface area (TPSA) is 72.3 Å². The molecule has 1 atom stereocenters. The van der Waals surface area contributed by atoms with Crippen molar-refractivity contribution in [2.24, 2.45) is 0 Å². The molecule has 0 spiro atoms. The molecular weight excluding hydrogens is 220 g/mol. The number of carbonyl (C=O) groups is 1. The Morgan fingerprint density at radius 2 is 2.40 bits per heavy atom. The standard InChI is InChI=1S/C9H11ClN2O3/c1-3-15-5(2)8-11-4-6(10)7(12-8)9(13)14/h4-5H,3H2,1-2H3,(H,13,14). The summed E-state index contributed by atoms with van der Waals surface area (Å²) in [6.45, 7) is 4.10. The molecule has 0 aliphatic heterocycles. The third kappa shape index (κ3) is 2.87. The average Bonchev–Trinajstić information content (AvgIpc) is 2.18. The molecule has 1 rings (SSSR count). The van der Waals surface area contributed by atoms with E-state index in [1.807, 2.05) is 6.92 Å². The number of hydrogen-bond donors (Lipinski definition) is 1. The zero-order valence-electron chi connectivity index (χ0n) is 8.40. The van der Waals surface area contributed by atoms with Gasteiger partial charge in [-0.1, -0.05) is 11.6 Å². The Morgan fingerprint density at radius 3 is 2.93 bits per heavy atom. The van der Waals surface area contributed by atoms with Gasteiger partial charge in [-0.05, 0) is 13.8 Å². The van der Waals surface area contributed by atoms with Crippen LogP contribution >= 0.6 is 11.6 Å². The second kappa shape index (κ2) is 5.04. The van der Waals surface area contributed by atoms with Crippen LogP contribution in [0.25, 0.3) is 0 Å². The van der Waals surface area contributed by atoms with E-state index in [1.54, 1.807) is 6.92 Å². The number of rotatable bonds is 4. The van der Waals surface area contributed by atoms with E-state index in [-0.39, 0.29) is 16.8 Å². The molecule has 6 heteroatoms. The molecular formula is C9H11ClN2O3. The maximum Gasteiger partial charge on any atom is 0.356 e. The predicted molar refractivity (Wildman–Crippen MR) is 54.0 cm³/mol. The van der Waals surface area contributed by atoms with Gasteiger partial charge in [-0.15, -0.1) is 0 Å². The van der Waals surface area contributed by atoms with Crippen LogP contribution in [0.15, 0.2) is 6.20 Å². The summed E-state index contributed by atoms with van der Waals surface area (Å²) in [4.78, 5) is 18.5. The minimum atomic E-state index is -1.17. The van der Waals surface area contributed by atoms with Crippen molar-refractivity contribution in [3.8, 4) is 0 Å². The van der Waals surface area contributed by atoms with Gasteiger partial charge in [0.25, 0.3) is 0 Å². The largest absolute Gasteiger partial charge is 0.476 e. The lowest BCUT2D eigenvalue weighted by Crippen LogP contribution is -2.10. The molecule has 0 radical (unpaired) electrons. The summed E-state index contributed by atoms with van der Waals surface area (Å²) in [6.07, 6.45) is 0.924. The van der Waals surface area contributed by atoms with Crippen molar-refractivity contribution >= 4 is 17.6 Å². The summed E-state index contributed by atoms with van der Waals surface area (Å²) in [7, 11) is 0. The van der Waals surface area contributed by atoms with Crippen molar-refractivity contribution in [1.29, 1.82) is 0 Å². The van der Waals surface area contributed by atoms with Gasteiger partial charge in [-0.3, -0.25) is 0 Å². The van der Waals surface area contributed by atoms with Crippen LogP contribution in [0.1, 0.15) is 36.3 Å². The van der Waals surface area contributed by atoms with Crippen LogP contribution in [0, 0.1) is 0 Å². The number of aromatic nitrogens is 2. The minimum absolute atomic E-state index is 0.0231. The number of carboxylic acid groups (broad SMARTS) is 1.